The molecule has 0 fully saturated rings. The first-order valence-corrected chi connectivity index (χ1v) is 8.47. The molecule has 5 heteroatoms. The van der Waals surface area contributed by atoms with E-state index in [4.69, 9.17) is 11.8 Å². The summed E-state index contributed by atoms with van der Waals surface area (Å²) >= 11 is 5.79. The van der Waals surface area contributed by atoms with Gasteiger partial charge in [0, 0.05) is 0 Å². The Hall–Kier alpha value is -2.14. The minimum absolute atomic E-state index is 0.240. The van der Waals surface area contributed by atoms with Crippen molar-refractivity contribution in [1.29, 1.82) is 0 Å². The predicted octanol–water partition coefficient (Wildman–Crippen LogP) is 4.11. The van der Waals surface area contributed by atoms with Gasteiger partial charge in [0.2, 0.25) is 0 Å². The fourth-order valence-corrected chi connectivity index (χ4v) is 2.73. The van der Waals surface area contributed by atoms with Gasteiger partial charge in [-0.3, -0.25) is 0 Å². The van der Waals surface area contributed by atoms with Gasteiger partial charge in [0.05, 0.1) is 24.8 Å². The number of hydrogen-bond acceptors (Lipinski definition) is 4. The van der Waals surface area contributed by atoms with Crippen molar-refractivity contribution in [1.82, 2.24) is 4.84 Å². The van der Waals surface area contributed by atoms with Crippen molar-refractivity contribution in [2.75, 3.05) is 7.11 Å². The Balaban J connectivity index is 1.87. The summed E-state index contributed by atoms with van der Waals surface area (Å²) in [5.74, 6) is -0.346. The van der Waals surface area contributed by atoms with Gasteiger partial charge < -0.3 is 9.84 Å². The summed E-state index contributed by atoms with van der Waals surface area (Å²) in [5.41, 5.74) is 2.35. The van der Waals surface area contributed by atoms with E-state index in [0.29, 0.717) is 12.0 Å². The summed E-state index contributed by atoms with van der Waals surface area (Å²) in [7, 11) is 1.36. The number of carbonyl (C=O) groups excluding carboxylic acids is 1. The highest BCUT2D eigenvalue weighted by atomic mass is 35.5. The second-order valence-corrected chi connectivity index (χ2v) is 5.88. The quantitative estimate of drug-likeness (QED) is 0.550. The molecule has 2 N–H and O–H groups in total. The maximum absolute atomic E-state index is 11.4. The zero-order chi connectivity index (χ0) is 18.1. The second-order valence-electron chi connectivity index (χ2n) is 5.66. The second kappa shape index (κ2) is 9.99. The van der Waals surface area contributed by atoms with Crippen LogP contribution in [0, 0.1) is 0 Å². The van der Waals surface area contributed by atoms with E-state index >= 15 is 0 Å². The van der Waals surface area contributed by atoms with Gasteiger partial charge in [-0.25, -0.2) is 9.63 Å². The Morgan fingerprint density at radius 2 is 1.88 bits per heavy atom. The predicted molar refractivity (Wildman–Crippen MR) is 100 cm³/mol. The molecule has 0 heterocycles. The number of methoxy groups -OCH3 is 1. The van der Waals surface area contributed by atoms with Gasteiger partial charge in [0.25, 0.3) is 0 Å². The molecule has 132 valence electrons. The molecule has 4 nitrogen and oxygen atoms in total. The van der Waals surface area contributed by atoms with E-state index in [9.17, 15) is 9.90 Å². The van der Waals surface area contributed by atoms with E-state index in [1.807, 2.05) is 54.6 Å². The molecule has 0 spiro atoms. The summed E-state index contributed by atoms with van der Waals surface area (Å²) < 4.78 is 4.67. The van der Waals surface area contributed by atoms with Crippen LogP contribution in [0.25, 0.3) is 6.08 Å². The average molecular weight is 360 g/mol. The van der Waals surface area contributed by atoms with Crippen LogP contribution in [0.1, 0.15) is 40.4 Å². The number of rotatable bonds is 8. The normalized spacial score (nSPS) is 13.6. The molecule has 1 unspecified atom stereocenters. The molecule has 2 atom stereocenters. The van der Waals surface area contributed by atoms with Crippen molar-refractivity contribution in [2.24, 2.45) is 0 Å². The van der Waals surface area contributed by atoms with Crippen molar-refractivity contribution in [3.05, 3.63) is 77.4 Å². The van der Waals surface area contributed by atoms with Crippen LogP contribution in [0.5, 0.6) is 0 Å². The number of ether oxygens (including phenoxy) is 1. The van der Waals surface area contributed by atoms with Crippen molar-refractivity contribution in [2.45, 2.75) is 25.0 Å². The monoisotopic (exact) mass is 359 g/mol. The van der Waals surface area contributed by atoms with Crippen LogP contribution in [-0.2, 0) is 4.74 Å². The van der Waals surface area contributed by atoms with Crippen LogP contribution in [0.15, 0.2) is 60.7 Å². The lowest BCUT2D eigenvalue weighted by molar-refractivity contribution is 0.0600. The number of carbonyl (C=O) groups is 1. The Kier molecular flexibility index (Phi) is 7.67. The fourth-order valence-electron chi connectivity index (χ4n) is 2.50. The van der Waals surface area contributed by atoms with Gasteiger partial charge in [-0.1, -0.05) is 54.6 Å². The molecule has 2 rings (SSSR count). The summed E-state index contributed by atoms with van der Waals surface area (Å²) in [5, 5.41) is 10.4. The number of aliphatic hydroxyl groups excluding tert-OH is 1. The van der Waals surface area contributed by atoms with E-state index in [1.165, 1.54) is 7.11 Å². The molecular formula is C20H22ClNO3. The van der Waals surface area contributed by atoms with Crippen molar-refractivity contribution < 1.29 is 14.6 Å². The highest BCUT2D eigenvalue weighted by Gasteiger charge is 2.18. The number of allylic oxidation sites excluding steroid dienone is 1. The van der Waals surface area contributed by atoms with Crippen LogP contribution < -0.4 is 4.84 Å². The Morgan fingerprint density at radius 3 is 2.48 bits per heavy atom. The SMILES string of the molecule is COC(=O)c1ccc(C=CCC[C@@H](NCl)C(O)c2ccccc2)cc1. The number of nitrogens with one attached hydrogen (secondary N) is 1. The minimum atomic E-state index is -0.661. The Morgan fingerprint density at radius 1 is 1.20 bits per heavy atom. The fraction of sp³-hybridized carbons (Fsp3) is 0.250. The van der Waals surface area contributed by atoms with Crippen molar-refractivity contribution in [3.63, 3.8) is 0 Å². The van der Waals surface area contributed by atoms with E-state index in [-0.39, 0.29) is 12.0 Å². The molecule has 0 saturated heterocycles. The van der Waals surface area contributed by atoms with E-state index in [0.717, 1.165) is 17.5 Å². The molecule has 0 aliphatic heterocycles. The zero-order valence-electron chi connectivity index (χ0n) is 14.1. The molecule has 2 aromatic rings. The first-order chi connectivity index (χ1) is 12.2. The largest absolute Gasteiger partial charge is 0.465 e. The summed E-state index contributed by atoms with van der Waals surface area (Å²) in [4.78, 5) is 14.1. The summed E-state index contributed by atoms with van der Waals surface area (Å²) in [6.07, 6.45) is 4.78. The first kappa shape index (κ1) is 19.2. The lowest BCUT2D eigenvalue weighted by Crippen LogP contribution is -2.28. The third-order valence-corrected chi connectivity index (χ3v) is 4.23. The molecule has 0 aliphatic rings. The molecule has 0 radical (unpaired) electrons. The lowest BCUT2D eigenvalue weighted by Gasteiger charge is -2.21. The van der Waals surface area contributed by atoms with Crippen LogP contribution >= 0.6 is 11.8 Å². The third-order valence-electron chi connectivity index (χ3n) is 3.95. The summed E-state index contributed by atoms with van der Waals surface area (Å²) in [6.45, 7) is 0. The van der Waals surface area contributed by atoms with Crippen LogP contribution in [0.4, 0.5) is 0 Å². The molecule has 0 saturated carbocycles. The lowest BCUT2D eigenvalue weighted by atomic mass is 9.99. The van der Waals surface area contributed by atoms with Gasteiger partial charge in [0.15, 0.2) is 0 Å². The highest BCUT2D eigenvalue weighted by molar-refractivity contribution is 6.13. The van der Waals surface area contributed by atoms with Crippen LogP contribution in [0.2, 0.25) is 0 Å². The molecule has 0 amide bonds. The first-order valence-electron chi connectivity index (χ1n) is 8.09. The minimum Gasteiger partial charge on any atom is -0.465 e. The highest BCUT2D eigenvalue weighted by Crippen LogP contribution is 2.20. The standard InChI is InChI=1S/C20H22ClNO3/c1-25-20(24)17-13-11-15(12-14-17)7-5-6-10-18(22-21)19(23)16-8-3-2-4-9-16/h2-5,7-9,11-14,18-19,22-23H,6,10H2,1H3/t18-,19?/m1/s1. The van der Waals surface area contributed by atoms with E-state index in [1.54, 1.807) is 12.1 Å². The Bertz CT molecular complexity index is 686. The average Bonchev–Trinajstić information content (AvgIpc) is 2.68. The number of esters is 1. The number of hydrogen-bond donors (Lipinski definition) is 2. The maximum atomic E-state index is 11.4. The topological polar surface area (TPSA) is 58.6 Å². The van der Waals surface area contributed by atoms with Crippen LogP contribution in [-0.4, -0.2) is 24.2 Å². The number of halogens is 1. The van der Waals surface area contributed by atoms with Gasteiger partial charge in [-0.2, -0.15) is 0 Å². The van der Waals surface area contributed by atoms with Crippen molar-refractivity contribution >= 4 is 23.8 Å². The smallest absolute Gasteiger partial charge is 0.337 e. The molecule has 0 aromatic heterocycles. The van der Waals surface area contributed by atoms with Gasteiger partial charge in [0.1, 0.15) is 0 Å². The van der Waals surface area contributed by atoms with Gasteiger partial charge in [-0.15, -0.1) is 0 Å². The number of aliphatic hydroxyl groups is 1. The van der Waals surface area contributed by atoms with E-state index < -0.39 is 6.10 Å². The van der Waals surface area contributed by atoms with Crippen LogP contribution in [0.3, 0.4) is 0 Å². The molecular weight excluding hydrogens is 338 g/mol. The molecule has 0 aliphatic carbocycles. The van der Waals surface area contributed by atoms with Gasteiger partial charge in [-0.05, 0) is 47.9 Å². The number of benzene rings is 2. The molecule has 25 heavy (non-hydrogen) atoms. The van der Waals surface area contributed by atoms with Gasteiger partial charge >= 0.3 is 5.97 Å². The molecule has 2 aromatic carbocycles. The Labute approximate surface area is 153 Å². The zero-order valence-corrected chi connectivity index (χ0v) is 14.8. The molecule has 0 bridgehead atoms. The summed E-state index contributed by atoms with van der Waals surface area (Å²) in [6, 6.07) is 16.4. The van der Waals surface area contributed by atoms with E-state index in [2.05, 4.69) is 9.57 Å². The van der Waals surface area contributed by atoms with Crippen molar-refractivity contribution in [3.8, 4) is 0 Å². The maximum Gasteiger partial charge on any atom is 0.337 e. The third kappa shape index (κ3) is 5.71.